The lowest BCUT2D eigenvalue weighted by Gasteiger charge is -2.13. The van der Waals surface area contributed by atoms with Gasteiger partial charge in [-0.15, -0.1) is 10.2 Å². The molecule has 170 valence electrons. The Hall–Kier alpha value is -3.31. The van der Waals surface area contributed by atoms with Crippen LogP contribution in [0, 0.1) is 6.92 Å². The van der Waals surface area contributed by atoms with Crippen LogP contribution < -0.4 is 5.32 Å². The number of halogens is 4. The molecule has 2 aromatic carbocycles. The largest absolute Gasteiger partial charge is 0.418 e. The standard InChI is InChI=1S/C22H17BrF3N5O2/c1-12-19(21(32)27-16-6-4-3-5-15(16)22(24,25)26)28-29-20-18(13-7-9-14(23)10-8-13)17(11-33-2)30-31(12)20/h3-10H,11H2,1-2H3,(H,27,32). The fourth-order valence-corrected chi connectivity index (χ4v) is 3.69. The fourth-order valence-electron chi connectivity index (χ4n) is 3.43. The zero-order valence-electron chi connectivity index (χ0n) is 17.4. The molecule has 0 saturated carbocycles. The van der Waals surface area contributed by atoms with E-state index in [9.17, 15) is 18.0 Å². The van der Waals surface area contributed by atoms with Crippen molar-refractivity contribution >= 4 is 33.2 Å². The molecule has 0 unspecified atom stereocenters. The minimum Gasteiger partial charge on any atom is -0.378 e. The highest BCUT2D eigenvalue weighted by Crippen LogP contribution is 2.35. The molecular formula is C22H17BrF3N5O2. The highest BCUT2D eigenvalue weighted by molar-refractivity contribution is 9.10. The van der Waals surface area contributed by atoms with Crippen molar-refractivity contribution in [2.24, 2.45) is 0 Å². The number of amides is 1. The van der Waals surface area contributed by atoms with E-state index < -0.39 is 17.6 Å². The first-order valence-electron chi connectivity index (χ1n) is 9.68. The number of hydrogen-bond donors (Lipinski definition) is 1. The summed E-state index contributed by atoms with van der Waals surface area (Å²) in [5.41, 5.74) is 1.35. The number of aromatic nitrogens is 4. The van der Waals surface area contributed by atoms with Gasteiger partial charge in [0.25, 0.3) is 5.91 Å². The molecular weight excluding hydrogens is 503 g/mol. The van der Waals surface area contributed by atoms with E-state index in [2.05, 4.69) is 36.5 Å². The minimum absolute atomic E-state index is 0.145. The number of fused-ring (bicyclic) bond motifs is 1. The van der Waals surface area contributed by atoms with Crippen molar-refractivity contribution in [2.45, 2.75) is 19.7 Å². The summed E-state index contributed by atoms with van der Waals surface area (Å²) in [6, 6.07) is 12.2. The maximum absolute atomic E-state index is 13.3. The lowest BCUT2D eigenvalue weighted by Crippen LogP contribution is -2.20. The molecule has 0 aliphatic carbocycles. The molecule has 1 N–H and O–H groups in total. The van der Waals surface area contributed by atoms with Crippen LogP contribution in [0.15, 0.2) is 53.0 Å². The van der Waals surface area contributed by atoms with Crippen LogP contribution in [0.25, 0.3) is 16.8 Å². The quantitative estimate of drug-likeness (QED) is 0.388. The molecule has 4 rings (SSSR count). The first kappa shape index (κ1) is 22.9. The highest BCUT2D eigenvalue weighted by atomic mass is 79.9. The Labute approximate surface area is 194 Å². The van der Waals surface area contributed by atoms with Gasteiger partial charge in [0.2, 0.25) is 0 Å². The minimum atomic E-state index is -4.62. The van der Waals surface area contributed by atoms with E-state index in [4.69, 9.17) is 4.74 Å². The lowest BCUT2D eigenvalue weighted by molar-refractivity contribution is -0.136. The average Bonchev–Trinajstić information content (AvgIpc) is 3.13. The number of hydrogen-bond acceptors (Lipinski definition) is 5. The Morgan fingerprint density at radius 1 is 1.12 bits per heavy atom. The number of anilines is 1. The van der Waals surface area contributed by atoms with Gasteiger partial charge in [-0.1, -0.05) is 40.2 Å². The van der Waals surface area contributed by atoms with Crippen molar-refractivity contribution in [3.05, 3.63) is 75.6 Å². The van der Waals surface area contributed by atoms with Gasteiger partial charge in [-0.3, -0.25) is 4.79 Å². The van der Waals surface area contributed by atoms with Crippen molar-refractivity contribution in [1.82, 2.24) is 19.8 Å². The molecule has 0 saturated heterocycles. The SMILES string of the molecule is COCc1nn2c(C)c(C(=O)Nc3ccccc3C(F)(F)F)nnc2c1-c1ccc(Br)cc1. The van der Waals surface area contributed by atoms with Crippen molar-refractivity contribution in [2.75, 3.05) is 12.4 Å². The van der Waals surface area contributed by atoms with Gasteiger partial charge >= 0.3 is 6.18 Å². The van der Waals surface area contributed by atoms with Crippen LogP contribution in [0.5, 0.6) is 0 Å². The Morgan fingerprint density at radius 3 is 2.48 bits per heavy atom. The summed E-state index contributed by atoms with van der Waals surface area (Å²) in [7, 11) is 1.53. The van der Waals surface area contributed by atoms with Crippen molar-refractivity contribution in [3.8, 4) is 11.1 Å². The second kappa shape index (κ2) is 8.91. The van der Waals surface area contributed by atoms with Crippen LogP contribution >= 0.6 is 15.9 Å². The maximum Gasteiger partial charge on any atom is 0.418 e. The summed E-state index contributed by atoms with van der Waals surface area (Å²) in [4.78, 5) is 12.8. The summed E-state index contributed by atoms with van der Waals surface area (Å²) in [5.74, 6) is -0.826. The number of methoxy groups -OCH3 is 1. The van der Waals surface area contributed by atoms with E-state index in [-0.39, 0.29) is 18.0 Å². The number of carbonyl (C=O) groups excluding carboxylic acids is 1. The smallest absolute Gasteiger partial charge is 0.378 e. The molecule has 0 bridgehead atoms. The summed E-state index contributed by atoms with van der Waals surface area (Å²) >= 11 is 3.40. The number of nitrogens with one attached hydrogen (secondary N) is 1. The van der Waals surface area contributed by atoms with Crippen LogP contribution in [0.4, 0.5) is 18.9 Å². The molecule has 0 fully saturated rings. The molecule has 7 nitrogen and oxygen atoms in total. The highest BCUT2D eigenvalue weighted by Gasteiger charge is 2.34. The van der Waals surface area contributed by atoms with Gasteiger partial charge in [0.15, 0.2) is 11.3 Å². The van der Waals surface area contributed by atoms with E-state index in [0.717, 1.165) is 16.1 Å². The van der Waals surface area contributed by atoms with Crippen LogP contribution in [-0.2, 0) is 17.5 Å². The van der Waals surface area contributed by atoms with Gasteiger partial charge < -0.3 is 10.1 Å². The zero-order chi connectivity index (χ0) is 23.8. The van der Waals surface area contributed by atoms with E-state index in [1.165, 1.54) is 29.8 Å². The second-order valence-corrected chi connectivity index (χ2v) is 8.04. The normalized spacial score (nSPS) is 11.7. The third-order valence-corrected chi connectivity index (χ3v) is 5.48. The van der Waals surface area contributed by atoms with Crippen LogP contribution in [0.1, 0.15) is 27.4 Å². The zero-order valence-corrected chi connectivity index (χ0v) is 19.0. The number of ether oxygens (including phenoxy) is 1. The van der Waals surface area contributed by atoms with Gasteiger partial charge in [-0.05, 0) is 36.8 Å². The summed E-state index contributed by atoms with van der Waals surface area (Å²) < 4.78 is 47.5. The lowest BCUT2D eigenvalue weighted by atomic mass is 10.1. The average molecular weight is 520 g/mol. The number of alkyl halides is 3. The molecule has 33 heavy (non-hydrogen) atoms. The summed E-state index contributed by atoms with van der Waals surface area (Å²) in [6.45, 7) is 1.79. The number of aryl methyl sites for hydroxylation is 1. The van der Waals surface area contributed by atoms with Gasteiger partial charge in [0, 0.05) is 11.6 Å². The van der Waals surface area contributed by atoms with Gasteiger partial charge in [0.05, 0.1) is 34.8 Å². The number of carbonyl (C=O) groups is 1. The first-order chi connectivity index (χ1) is 15.7. The predicted octanol–water partition coefficient (Wildman–Crippen LogP) is 5.28. The Kier molecular flexibility index (Phi) is 6.17. The number of nitrogens with zero attached hydrogens (tertiary/aromatic N) is 4. The van der Waals surface area contributed by atoms with Crippen LogP contribution in [0.2, 0.25) is 0 Å². The summed E-state index contributed by atoms with van der Waals surface area (Å²) in [5, 5.41) is 15.0. The number of rotatable bonds is 5. The fraction of sp³-hybridized carbons (Fsp3) is 0.182. The van der Waals surface area contributed by atoms with Crippen LogP contribution in [-0.4, -0.2) is 32.8 Å². The Bertz CT molecular complexity index is 1340. The van der Waals surface area contributed by atoms with Crippen molar-refractivity contribution in [3.63, 3.8) is 0 Å². The van der Waals surface area contributed by atoms with Gasteiger partial charge in [0.1, 0.15) is 0 Å². The van der Waals surface area contributed by atoms with Crippen molar-refractivity contribution < 1.29 is 22.7 Å². The predicted molar refractivity (Wildman–Crippen MR) is 119 cm³/mol. The molecule has 0 atom stereocenters. The molecule has 0 aliphatic heterocycles. The molecule has 0 radical (unpaired) electrons. The first-order valence-corrected chi connectivity index (χ1v) is 10.5. The van der Waals surface area contributed by atoms with E-state index in [0.29, 0.717) is 22.6 Å². The van der Waals surface area contributed by atoms with Gasteiger partial charge in [-0.2, -0.15) is 18.3 Å². The summed E-state index contributed by atoms with van der Waals surface area (Å²) in [6.07, 6.45) is -4.62. The molecule has 2 aromatic heterocycles. The van der Waals surface area contributed by atoms with E-state index >= 15 is 0 Å². The Balaban J connectivity index is 1.78. The van der Waals surface area contributed by atoms with Gasteiger partial charge in [-0.25, -0.2) is 4.52 Å². The molecule has 0 spiro atoms. The third kappa shape index (κ3) is 4.46. The molecule has 4 aromatic rings. The molecule has 11 heteroatoms. The number of benzene rings is 2. The van der Waals surface area contributed by atoms with Crippen LogP contribution in [0.3, 0.4) is 0 Å². The Morgan fingerprint density at radius 2 is 1.82 bits per heavy atom. The maximum atomic E-state index is 13.3. The van der Waals surface area contributed by atoms with E-state index in [1.807, 2.05) is 24.3 Å². The third-order valence-electron chi connectivity index (χ3n) is 4.95. The number of para-hydroxylation sites is 1. The monoisotopic (exact) mass is 519 g/mol. The molecule has 0 aliphatic rings. The second-order valence-electron chi connectivity index (χ2n) is 7.13. The van der Waals surface area contributed by atoms with Crippen molar-refractivity contribution in [1.29, 1.82) is 0 Å². The molecule has 1 amide bonds. The topological polar surface area (TPSA) is 81.4 Å². The van der Waals surface area contributed by atoms with E-state index in [1.54, 1.807) is 6.92 Å². The molecule has 2 heterocycles.